The van der Waals surface area contributed by atoms with Crippen LogP contribution in [0, 0.1) is 5.82 Å². The van der Waals surface area contributed by atoms with Crippen molar-refractivity contribution in [2.24, 2.45) is 0 Å². The number of hydrogen-bond donors (Lipinski definition) is 0. The van der Waals surface area contributed by atoms with Gasteiger partial charge in [-0.15, -0.1) is 17.9 Å². The number of nitrogens with zero attached hydrogens (tertiary/aromatic N) is 3. The SMILES string of the molecule is C=CCn1c(S[C@H]2CCCCN(C(=O)c3ccc(F)cc3)C2=O)nc2scc(C3CC3)c2c1=O. The predicted molar refractivity (Wildman–Crippen MR) is 132 cm³/mol. The van der Waals surface area contributed by atoms with E-state index < -0.39 is 17.0 Å². The number of imide groups is 1. The van der Waals surface area contributed by atoms with Gasteiger partial charge in [-0.25, -0.2) is 9.37 Å². The maximum atomic E-state index is 13.4. The summed E-state index contributed by atoms with van der Waals surface area (Å²) in [6.45, 7) is 4.39. The Balaban J connectivity index is 1.47. The molecule has 2 fully saturated rings. The van der Waals surface area contributed by atoms with Crippen molar-refractivity contribution in [1.82, 2.24) is 14.5 Å². The second-order valence-corrected chi connectivity index (χ2v) is 10.7. The standard InChI is InChI=1S/C25H24FN3O3S2/c1-2-12-29-24(32)20-18(15-6-7-15)14-33-21(20)27-25(29)34-19-5-3-4-13-28(23(19)31)22(30)16-8-10-17(26)11-9-16/h2,8-11,14-15,19H,1,3-7,12-13H2/t19-/m0/s1. The lowest BCUT2D eigenvalue weighted by molar-refractivity contribution is -0.127. The summed E-state index contributed by atoms with van der Waals surface area (Å²) in [5.74, 6) is -0.737. The molecule has 6 nitrogen and oxygen atoms in total. The van der Waals surface area contributed by atoms with Crippen molar-refractivity contribution in [2.45, 2.75) is 55.0 Å². The molecule has 1 aliphatic carbocycles. The molecule has 0 radical (unpaired) electrons. The zero-order valence-corrected chi connectivity index (χ0v) is 20.2. The quantitative estimate of drug-likeness (QED) is 0.273. The molecule has 3 aromatic rings. The molecular weight excluding hydrogens is 473 g/mol. The lowest BCUT2D eigenvalue weighted by Gasteiger charge is -2.23. The smallest absolute Gasteiger partial charge is 0.263 e. The Hall–Kier alpha value is -2.78. The van der Waals surface area contributed by atoms with Gasteiger partial charge in [-0.1, -0.05) is 24.3 Å². The molecule has 2 aliphatic rings. The molecule has 34 heavy (non-hydrogen) atoms. The topological polar surface area (TPSA) is 72.3 Å². The molecule has 0 spiro atoms. The van der Waals surface area contributed by atoms with Gasteiger partial charge < -0.3 is 0 Å². The highest BCUT2D eigenvalue weighted by molar-refractivity contribution is 8.00. The van der Waals surface area contributed by atoms with E-state index in [2.05, 4.69) is 6.58 Å². The van der Waals surface area contributed by atoms with Crippen LogP contribution in [0.4, 0.5) is 4.39 Å². The molecule has 3 heterocycles. The average molecular weight is 498 g/mol. The second-order valence-electron chi connectivity index (χ2n) is 8.65. The summed E-state index contributed by atoms with van der Waals surface area (Å²) in [5, 5.41) is 2.63. The van der Waals surface area contributed by atoms with Crippen molar-refractivity contribution in [3.05, 3.63) is 69.6 Å². The van der Waals surface area contributed by atoms with E-state index in [-0.39, 0.29) is 17.0 Å². The number of halogens is 1. The predicted octanol–water partition coefficient (Wildman–Crippen LogP) is 4.97. The van der Waals surface area contributed by atoms with E-state index in [0.29, 0.717) is 47.2 Å². The normalized spacial score (nSPS) is 18.8. The summed E-state index contributed by atoms with van der Waals surface area (Å²) in [7, 11) is 0. The van der Waals surface area contributed by atoms with Crippen molar-refractivity contribution < 1.29 is 14.0 Å². The lowest BCUT2D eigenvalue weighted by atomic mass is 10.1. The van der Waals surface area contributed by atoms with E-state index in [0.717, 1.165) is 24.8 Å². The molecule has 1 atom stereocenters. The summed E-state index contributed by atoms with van der Waals surface area (Å²) < 4.78 is 14.9. The Morgan fingerprint density at radius 1 is 1.21 bits per heavy atom. The van der Waals surface area contributed by atoms with Gasteiger partial charge in [0.15, 0.2) is 5.16 Å². The summed E-state index contributed by atoms with van der Waals surface area (Å²) in [5.41, 5.74) is 1.25. The molecule has 1 aliphatic heterocycles. The molecule has 1 saturated carbocycles. The first-order valence-corrected chi connectivity index (χ1v) is 13.1. The summed E-state index contributed by atoms with van der Waals surface area (Å²) in [6.07, 6.45) is 5.89. The molecule has 2 aromatic heterocycles. The first kappa shape index (κ1) is 23.0. The molecule has 0 N–H and O–H groups in total. The molecule has 0 unspecified atom stereocenters. The number of aromatic nitrogens is 2. The largest absolute Gasteiger partial charge is 0.283 e. The van der Waals surface area contributed by atoms with Crippen LogP contribution in [-0.4, -0.2) is 38.1 Å². The Labute approximate surface area is 204 Å². The van der Waals surface area contributed by atoms with Gasteiger partial charge in [0.1, 0.15) is 10.6 Å². The average Bonchev–Trinajstić information content (AvgIpc) is 3.61. The summed E-state index contributed by atoms with van der Waals surface area (Å²) in [4.78, 5) is 46.6. The summed E-state index contributed by atoms with van der Waals surface area (Å²) in [6, 6.07) is 5.21. The van der Waals surface area contributed by atoms with Gasteiger partial charge in [0.05, 0.1) is 10.6 Å². The molecule has 1 saturated heterocycles. The third-order valence-electron chi connectivity index (χ3n) is 6.24. The Bertz CT molecular complexity index is 1330. The van der Waals surface area contributed by atoms with E-state index in [4.69, 9.17) is 4.98 Å². The van der Waals surface area contributed by atoms with Gasteiger partial charge >= 0.3 is 0 Å². The number of likely N-dealkylation sites (tertiary alicyclic amines) is 1. The van der Waals surface area contributed by atoms with Crippen molar-refractivity contribution in [3.8, 4) is 0 Å². The van der Waals surface area contributed by atoms with Gasteiger partial charge in [0.25, 0.3) is 11.5 Å². The Morgan fingerprint density at radius 3 is 2.68 bits per heavy atom. The van der Waals surface area contributed by atoms with Crippen LogP contribution in [0.25, 0.3) is 10.2 Å². The van der Waals surface area contributed by atoms with E-state index in [1.165, 1.54) is 52.3 Å². The number of amides is 2. The van der Waals surface area contributed by atoms with Gasteiger partial charge in [-0.2, -0.15) is 0 Å². The van der Waals surface area contributed by atoms with E-state index in [1.807, 2.05) is 5.38 Å². The third kappa shape index (κ3) is 4.34. The first-order valence-electron chi connectivity index (χ1n) is 11.4. The summed E-state index contributed by atoms with van der Waals surface area (Å²) >= 11 is 2.71. The number of carbonyl (C=O) groups excluding carboxylic acids is 2. The number of thiophene rings is 1. The minimum absolute atomic E-state index is 0.101. The van der Waals surface area contributed by atoms with Gasteiger partial charge in [0, 0.05) is 18.7 Å². The highest BCUT2D eigenvalue weighted by Gasteiger charge is 2.34. The number of hydrogen-bond acceptors (Lipinski definition) is 6. The maximum absolute atomic E-state index is 13.4. The molecule has 2 amide bonds. The first-order chi connectivity index (χ1) is 16.5. The molecule has 9 heteroatoms. The third-order valence-corrected chi connectivity index (χ3v) is 8.37. The van der Waals surface area contributed by atoms with Crippen molar-refractivity contribution in [1.29, 1.82) is 0 Å². The minimum atomic E-state index is -0.546. The lowest BCUT2D eigenvalue weighted by Crippen LogP contribution is -2.41. The van der Waals surface area contributed by atoms with E-state index in [1.54, 1.807) is 10.6 Å². The molecule has 1 aromatic carbocycles. The number of benzene rings is 1. The maximum Gasteiger partial charge on any atom is 0.263 e. The van der Waals surface area contributed by atoms with Crippen LogP contribution < -0.4 is 5.56 Å². The van der Waals surface area contributed by atoms with Crippen LogP contribution in [-0.2, 0) is 11.3 Å². The van der Waals surface area contributed by atoms with Crippen LogP contribution >= 0.6 is 23.1 Å². The number of allylic oxidation sites excluding steroid dienone is 1. The molecule has 0 bridgehead atoms. The van der Waals surface area contributed by atoms with Crippen LogP contribution in [0.1, 0.15) is 53.9 Å². The zero-order valence-electron chi connectivity index (χ0n) is 18.5. The van der Waals surface area contributed by atoms with E-state index in [9.17, 15) is 18.8 Å². The monoisotopic (exact) mass is 497 g/mol. The van der Waals surface area contributed by atoms with Crippen molar-refractivity contribution >= 4 is 45.1 Å². The molecule has 5 rings (SSSR count). The number of thioether (sulfide) groups is 1. The highest BCUT2D eigenvalue weighted by Crippen LogP contribution is 2.44. The van der Waals surface area contributed by atoms with Crippen molar-refractivity contribution in [3.63, 3.8) is 0 Å². The fourth-order valence-corrected chi connectivity index (χ4v) is 6.56. The van der Waals surface area contributed by atoms with Gasteiger partial charge in [-0.3, -0.25) is 23.9 Å². The number of carbonyl (C=O) groups is 2. The zero-order chi connectivity index (χ0) is 23.8. The van der Waals surface area contributed by atoms with Gasteiger partial charge in [-0.05, 0) is 66.8 Å². The van der Waals surface area contributed by atoms with Gasteiger partial charge in [0.2, 0.25) is 5.91 Å². The Morgan fingerprint density at radius 2 is 1.97 bits per heavy atom. The molecular formula is C25H24FN3O3S2. The van der Waals surface area contributed by atoms with Crippen LogP contribution in [0.15, 0.2) is 52.3 Å². The minimum Gasteiger partial charge on any atom is -0.283 e. The fourth-order valence-electron chi connectivity index (χ4n) is 4.30. The van der Waals surface area contributed by atoms with Crippen LogP contribution in [0.3, 0.4) is 0 Å². The second kappa shape index (κ2) is 9.46. The van der Waals surface area contributed by atoms with Crippen LogP contribution in [0.5, 0.6) is 0 Å². The Kier molecular flexibility index (Phi) is 6.40. The highest BCUT2D eigenvalue weighted by atomic mass is 32.2. The number of fused-ring (bicyclic) bond motifs is 1. The van der Waals surface area contributed by atoms with Crippen molar-refractivity contribution in [2.75, 3.05) is 6.54 Å². The van der Waals surface area contributed by atoms with Crippen LogP contribution in [0.2, 0.25) is 0 Å². The number of rotatable bonds is 6. The fraction of sp³-hybridized carbons (Fsp3) is 0.360. The van der Waals surface area contributed by atoms with E-state index >= 15 is 0 Å². The molecule has 176 valence electrons.